The number of carboxylic acid groups (broad SMARTS) is 1. The number of anilines is 1. The molecule has 2 aliphatic carbocycles. The quantitative estimate of drug-likeness (QED) is 0.368. The van der Waals surface area contributed by atoms with Gasteiger partial charge in [0.15, 0.2) is 5.16 Å². The molecule has 0 atom stereocenters. The maximum absolute atomic E-state index is 12.0. The highest BCUT2D eigenvalue weighted by atomic mass is 32.2. The standard InChI is InChI=1S/C19H29N3O2S2/c1-25-19-21-16(20-12-13-8-4-2-5-9-13)15(18(23)24)17(22-19)26-14-10-6-3-7-11-14/h13-14H,2-12H2,1H3,(H,23,24)(H,20,21,22). The molecule has 0 aromatic carbocycles. The minimum Gasteiger partial charge on any atom is -0.477 e. The number of thioether (sulfide) groups is 2. The third-order valence-corrected chi connectivity index (χ3v) is 7.24. The number of aromatic nitrogens is 2. The molecule has 1 heterocycles. The monoisotopic (exact) mass is 395 g/mol. The van der Waals surface area contributed by atoms with Crippen LogP contribution in [0.5, 0.6) is 0 Å². The van der Waals surface area contributed by atoms with E-state index < -0.39 is 5.97 Å². The van der Waals surface area contributed by atoms with E-state index in [0.717, 1.165) is 19.4 Å². The van der Waals surface area contributed by atoms with Crippen molar-refractivity contribution < 1.29 is 9.90 Å². The van der Waals surface area contributed by atoms with E-state index in [1.165, 1.54) is 63.1 Å². The summed E-state index contributed by atoms with van der Waals surface area (Å²) in [6.45, 7) is 0.804. The molecule has 0 radical (unpaired) electrons. The lowest BCUT2D eigenvalue weighted by Crippen LogP contribution is -2.20. The molecule has 1 aromatic rings. The molecule has 7 heteroatoms. The Morgan fingerprint density at radius 3 is 2.35 bits per heavy atom. The van der Waals surface area contributed by atoms with Crippen molar-refractivity contribution in [2.45, 2.75) is 79.6 Å². The van der Waals surface area contributed by atoms with Crippen molar-refractivity contribution >= 4 is 35.3 Å². The molecule has 3 rings (SSSR count). The summed E-state index contributed by atoms with van der Waals surface area (Å²) in [6, 6.07) is 0. The second kappa shape index (κ2) is 9.83. The molecule has 2 N–H and O–H groups in total. The maximum Gasteiger partial charge on any atom is 0.342 e. The van der Waals surface area contributed by atoms with Gasteiger partial charge in [0.1, 0.15) is 16.4 Å². The largest absolute Gasteiger partial charge is 0.477 e. The van der Waals surface area contributed by atoms with Gasteiger partial charge in [0.2, 0.25) is 0 Å². The first-order valence-corrected chi connectivity index (χ1v) is 11.9. The molecule has 5 nitrogen and oxygen atoms in total. The van der Waals surface area contributed by atoms with Crippen molar-refractivity contribution in [3.63, 3.8) is 0 Å². The van der Waals surface area contributed by atoms with Crippen LogP contribution in [0.15, 0.2) is 10.2 Å². The molecular formula is C19H29N3O2S2. The second-order valence-electron chi connectivity index (χ2n) is 7.31. The van der Waals surface area contributed by atoms with Gasteiger partial charge in [-0.05, 0) is 37.9 Å². The van der Waals surface area contributed by atoms with Crippen molar-refractivity contribution in [1.82, 2.24) is 9.97 Å². The van der Waals surface area contributed by atoms with Crippen LogP contribution in [0.1, 0.15) is 74.6 Å². The van der Waals surface area contributed by atoms with Crippen LogP contribution in [-0.4, -0.2) is 39.1 Å². The molecule has 0 spiro atoms. The molecule has 2 aliphatic rings. The molecule has 0 aliphatic heterocycles. The number of aromatic carboxylic acids is 1. The highest BCUT2D eigenvalue weighted by Gasteiger charge is 2.25. The molecule has 0 bridgehead atoms. The zero-order valence-electron chi connectivity index (χ0n) is 15.5. The van der Waals surface area contributed by atoms with Gasteiger partial charge < -0.3 is 10.4 Å². The molecule has 2 fully saturated rings. The van der Waals surface area contributed by atoms with Crippen LogP contribution in [0, 0.1) is 5.92 Å². The summed E-state index contributed by atoms with van der Waals surface area (Å²) in [4.78, 5) is 21.0. The Balaban J connectivity index is 1.80. The van der Waals surface area contributed by atoms with E-state index in [1.54, 1.807) is 11.8 Å². The highest BCUT2D eigenvalue weighted by Crippen LogP contribution is 2.37. The van der Waals surface area contributed by atoms with Crippen molar-refractivity contribution in [2.24, 2.45) is 5.92 Å². The number of hydrogen-bond donors (Lipinski definition) is 2. The Morgan fingerprint density at radius 1 is 1.08 bits per heavy atom. The average molecular weight is 396 g/mol. The highest BCUT2D eigenvalue weighted by molar-refractivity contribution is 8.00. The predicted molar refractivity (Wildman–Crippen MR) is 109 cm³/mol. The Morgan fingerprint density at radius 2 is 1.73 bits per heavy atom. The zero-order chi connectivity index (χ0) is 18.4. The molecule has 144 valence electrons. The van der Waals surface area contributed by atoms with Gasteiger partial charge in [-0.1, -0.05) is 50.3 Å². The summed E-state index contributed by atoms with van der Waals surface area (Å²) in [7, 11) is 0. The lowest BCUT2D eigenvalue weighted by molar-refractivity contribution is 0.0692. The van der Waals surface area contributed by atoms with Crippen LogP contribution >= 0.6 is 23.5 Å². The summed E-state index contributed by atoms with van der Waals surface area (Å²) in [6.07, 6.45) is 14.3. The normalized spacial score (nSPS) is 19.4. The fourth-order valence-corrected chi connectivity index (χ4v) is 5.64. The molecule has 1 aromatic heterocycles. The topological polar surface area (TPSA) is 75.1 Å². The molecule has 0 amide bonds. The van der Waals surface area contributed by atoms with Crippen molar-refractivity contribution in [3.8, 4) is 0 Å². The third kappa shape index (κ3) is 5.28. The fourth-order valence-electron chi connectivity index (χ4n) is 3.89. The minimum absolute atomic E-state index is 0.259. The first-order chi connectivity index (χ1) is 12.7. The van der Waals surface area contributed by atoms with Gasteiger partial charge in [0.25, 0.3) is 0 Å². The van der Waals surface area contributed by atoms with Crippen molar-refractivity contribution in [3.05, 3.63) is 5.56 Å². The van der Waals surface area contributed by atoms with E-state index in [1.807, 2.05) is 6.26 Å². The first-order valence-electron chi connectivity index (χ1n) is 9.77. The van der Waals surface area contributed by atoms with Crippen LogP contribution in [0.25, 0.3) is 0 Å². The van der Waals surface area contributed by atoms with E-state index in [0.29, 0.717) is 27.2 Å². The summed E-state index contributed by atoms with van der Waals surface area (Å²) in [5, 5.41) is 15.0. The first kappa shape index (κ1) is 19.8. The number of hydrogen-bond acceptors (Lipinski definition) is 6. The van der Waals surface area contributed by atoms with Crippen LogP contribution in [-0.2, 0) is 0 Å². The third-order valence-electron chi connectivity index (χ3n) is 5.37. The van der Waals surface area contributed by atoms with Crippen LogP contribution < -0.4 is 5.32 Å². The lowest BCUT2D eigenvalue weighted by Gasteiger charge is -2.24. The van der Waals surface area contributed by atoms with Crippen LogP contribution in [0.3, 0.4) is 0 Å². The van der Waals surface area contributed by atoms with Crippen LogP contribution in [0.2, 0.25) is 0 Å². The predicted octanol–water partition coefficient (Wildman–Crippen LogP) is 5.31. The number of nitrogens with zero attached hydrogens (tertiary/aromatic N) is 2. The number of carbonyl (C=O) groups is 1. The average Bonchev–Trinajstić information content (AvgIpc) is 2.67. The summed E-state index contributed by atoms with van der Waals surface area (Å²) >= 11 is 3.11. The lowest BCUT2D eigenvalue weighted by atomic mass is 9.89. The SMILES string of the molecule is CSc1nc(NCC2CCCCC2)c(C(=O)O)c(SC2CCCCC2)n1. The number of carboxylic acids is 1. The summed E-state index contributed by atoms with van der Waals surface area (Å²) < 4.78 is 0. The molecule has 2 saturated carbocycles. The van der Waals surface area contributed by atoms with E-state index in [4.69, 9.17) is 0 Å². The van der Waals surface area contributed by atoms with Gasteiger partial charge >= 0.3 is 5.97 Å². The van der Waals surface area contributed by atoms with Gasteiger partial charge in [-0.15, -0.1) is 11.8 Å². The Hall–Kier alpha value is -0.950. The van der Waals surface area contributed by atoms with Crippen molar-refractivity contribution in [2.75, 3.05) is 18.1 Å². The van der Waals surface area contributed by atoms with Gasteiger partial charge in [0.05, 0.1) is 0 Å². The van der Waals surface area contributed by atoms with E-state index >= 15 is 0 Å². The van der Waals surface area contributed by atoms with Crippen LogP contribution in [0.4, 0.5) is 5.82 Å². The zero-order valence-corrected chi connectivity index (χ0v) is 17.1. The number of rotatable bonds is 7. The van der Waals surface area contributed by atoms with Gasteiger partial charge in [-0.3, -0.25) is 0 Å². The maximum atomic E-state index is 12.0. The van der Waals surface area contributed by atoms with E-state index in [9.17, 15) is 9.90 Å². The van der Waals surface area contributed by atoms with Crippen molar-refractivity contribution in [1.29, 1.82) is 0 Å². The Kier molecular flexibility index (Phi) is 7.49. The number of nitrogens with one attached hydrogen (secondary N) is 1. The summed E-state index contributed by atoms with van der Waals surface area (Å²) in [5.41, 5.74) is 0.259. The molecular weight excluding hydrogens is 366 g/mol. The van der Waals surface area contributed by atoms with E-state index in [-0.39, 0.29) is 5.56 Å². The van der Waals surface area contributed by atoms with Gasteiger partial charge in [0, 0.05) is 11.8 Å². The van der Waals surface area contributed by atoms with Gasteiger partial charge in [-0.2, -0.15) is 0 Å². The van der Waals surface area contributed by atoms with E-state index in [2.05, 4.69) is 15.3 Å². The summed E-state index contributed by atoms with van der Waals surface area (Å²) in [5.74, 6) is 0.190. The Labute approximate surface area is 164 Å². The smallest absolute Gasteiger partial charge is 0.342 e. The Bertz CT molecular complexity index is 615. The molecule has 26 heavy (non-hydrogen) atoms. The second-order valence-corrected chi connectivity index (χ2v) is 9.37. The molecule has 0 saturated heterocycles. The molecule has 0 unspecified atom stereocenters. The minimum atomic E-state index is -0.929. The fraction of sp³-hybridized carbons (Fsp3) is 0.737. The van der Waals surface area contributed by atoms with Gasteiger partial charge in [-0.25, -0.2) is 14.8 Å².